The Hall–Kier alpha value is -3.97. The molecule has 3 aromatic carbocycles. The Balaban J connectivity index is 1.60. The van der Waals surface area contributed by atoms with Crippen LogP contribution in [0.15, 0.2) is 71.1 Å². The van der Waals surface area contributed by atoms with E-state index >= 15 is 0 Å². The zero-order valence-electron chi connectivity index (χ0n) is 18.0. The number of amides is 2. The quantitative estimate of drug-likeness (QED) is 0.375. The van der Waals surface area contributed by atoms with Crippen LogP contribution in [0.3, 0.4) is 0 Å². The van der Waals surface area contributed by atoms with Gasteiger partial charge in [0.15, 0.2) is 11.5 Å². The van der Waals surface area contributed by atoms with Gasteiger partial charge in [-0.3, -0.25) is 9.59 Å². The molecule has 2 N–H and O–H groups in total. The Morgan fingerprint density at radius 2 is 1.70 bits per heavy atom. The average molecular weight is 465 g/mol. The SMILES string of the molecule is COc1ccc(CC(=O)Nc2c(C(=O)Nc3cccc(Cl)c3)oc3ccccc23)cc1OC. The van der Waals surface area contributed by atoms with Crippen molar-refractivity contribution in [3.05, 3.63) is 83.1 Å². The van der Waals surface area contributed by atoms with E-state index in [1.54, 1.807) is 73.8 Å². The van der Waals surface area contributed by atoms with E-state index in [9.17, 15) is 9.59 Å². The molecule has 0 aliphatic rings. The van der Waals surface area contributed by atoms with E-state index in [0.29, 0.717) is 38.9 Å². The zero-order chi connectivity index (χ0) is 23.4. The van der Waals surface area contributed by atoms with Crippen molar-refractivity contribution >= 4 is 45.8 Å². The summed E-state index contributed by atoms with van der Waals surface area (Å²) in [6.45, 7) is 0. The molecular formula is C25H21ClN2O5. The van der Waals surface area contributed by atoms with Crippen molar-refractivity contribution < 1.29 is 23.5 Å². The lowest BCUT2D eigenvalue weighted by atomic mass is 10.1. The first-order valence-electron chi connectivity index (χ1n) is 10.1. The fourth-order valence-electron chi connectivity index (χ4n) is 3.44. The van der Waals surface area contributed by atoms with Gasteiger partial charge in [-0.2, -0.15) is 0 Å². The molecule has 0 radical (unpaired) electrons. The Bertz CT molecular complexity index is 1330. The maximum Gasteiger partial charge on any atom is 0.293 e. The predicted octanol–water partition coefficient (Wildman–Crippen LogP) is 5.54. The molecule has 0 spiro atoms. The van der Waals surface area contributed by atoms with Crippen LogP contribution in [-0.2, 0) is 11.2 Å². The van der Waals surface area contributed by atoms with Crippen LogP contribution in [0.5, 0.6) is 11.5 Å². The van der Waals surface area contributed by atoms with E-state index in [2.05, 4.69) is 10.6 Å². The molecule has 1 aromatic heterocycles. The van der Waals surface area contributed by atoms with E-state index in [-0.39, 0.29) is 18.1 Å². The minimum absolute atomic E-state index is 0.00293. The number of benzene rings is 3. The van der Waals surface area contributed by atoms with Gasteiger partial charge in [0, 0.05) is 16.1 Å². The highest BCUT2D eigenvalue weighted by Crippen LogP contribution is 2.32. The minimum Gasteiger partial charge on any atom is -0.493 e. The van der Waals surface area contributed by atoms with Crippen molar-refractivity contribution in [2.45, 2.75) is 6.42 Å². The molecule has 0 aliphatic heterocycles. The standard InChI is InChI=1S/C25H21ClN2O5/c1-31-20-11-10-15(12-21(20)32-2)13-22(29)28-23-18-8-3-4-9-19(18)33-24(23)25(30)27-17-7-5-6-16(26)14-17/h3-12,14H,13H2,1-2H3,(H,27,30)(H,28,29). The van der Waals surface area contributed by atoms with E-state index in [1.165, 1.54) is 7.11 Å². The van der Waals surface area contributed by atoms with Crippen molar-refractivity contribution in [1.82, 2.24) is 0 Å². The predicted molar refractivity (Wildman–Crippen MR) is 127 cm³/mol. The summed E-state index contributed by atoms with van der Waals surface area (Å²) < 4.78 is 16.3. The van der Waals surface area contributed by atoms with Crippen LogP contribution in [-0.4, -0.2) is 26.0 Å². The van der Waals surface area contributed by atoms with Gasteiger partial charge in [-0.15, -0.1) is 0 Å². The first kappa shape index (κ1) is 22.2. The van der Waals surface area contributed by atoms with Crippen molar-refractivity contribution in [3.8, 4) is 11.5 Å². The third-order valence-corrected chi connectivity index (χ3v) is 5.20. The molecule has 0 aliphatic carbocycles. The third kappa shape index (κ3) is 4.94. The molecular weight excluding hydrogens is 444 g/mol. The first-order chi connectivity index (χ1) is 16.0. The lowest BCUT2D eigenvalue weighted by Crippen LogP contribution is -2.18. The van der Waals surface area contributed by atoms with Crippen LogP contribution >= 0.6 is 11.6 Å². The monoisotopic (exact) mass is 464 g/mol. The Morgan fingerprint density at radius 3 is 2.45 bits per heavy atom. The van der Waals surface area contributed by atoms with Gasteiger partial charge in [0.05, 0.1) is 20.6 Å². The van der Waals surface area contributed by atoms with Crippen LogP contribution in [0.2, 0.25) is 5.02 Å². The number of halogens is 1. The number of nitrogens with one attached hydrogen (secondary N) is 2. The number of methoxy groups -OCH3 is 2. The highest BCUT2D eigenvalue weighted by molar-refractivity contribution is 6.31. The average Bonchev–Trinajstić information content (AvgIpc) is 3.17. The number of carbonyl (C=O) groups is 2. The van der Waals surface area contributed by atoms with Crippen molar-refractivity contribution in [2.75, 3.05) is 24.9 Å². The van der Waals surface area contributed by atoms with Crippen LogP contribution in [0, 0.1) is 0 Å². The Kier molecular flexibility index (Phi) is 6.51. The number of fused-ring (bicyclic) bond motifs is 1. The summed E-state index contributed by atoms with van der Waals surface area (Å²) in [4.78, 5) is 25.9. The van der Waals surface area contributed by atoms with Gasteiger partial charge < -0.3 is 24.5 Å². The van der Waals surface area contributed by atoms with Crippen LogP contribution in [0.25, 0.3) is 11.0 Å². The van der Waals surface area contributed by atoms with E-state index in [1.807, 2.05) is 0 Å². The van der Waals surface area contributed by atoms with Crippen LogP contribution in [0.1, 0.15) is 16.1 Å². The highest BCUT2D eigenvalue weighted by Gasteiger charge is 2.22. The molecule has 4 aromatic rings. The number of ether oxygens (including phenoxy) is 2. The number of carbonyl (C=O) groups excluding carboxylic acids is 2. The Labute approximate surface area is 195 Å². The number of anilines is 2. The Morgan fingerprint density at radius 1 is 0.909 bits per heavy atom. The van der Waals surface area contributed by atoms with Gasteiger partial charge in [0.2, 0.25) is 11.7 Å². The topological polar surface area (TPSA) is 89.8 Å². The summed E-state index contributed by atoms with van der Waals surface area (Å²) in [5.74, 6) is 0.276. The smallest absolute Gasteiger partial charge is 0.293 e. The fourth-order valence-corrected chi connectivity index (χ4v) is 3.63. The van der Waals surface area contributed by atoms with Gasteiger partial charge >= 0.3 is 0 Å². The number of rotatable bonds is 7. The summed E-state index contributed by atoms with van der Waals surface area (Å²) in [6.07, 6.45) is 0.0647. The fraction of sp³-hybridized carbons (Fsp3) is 0.120. The maximum atomic E-state index is 13.0. The molecule has 0 bridgehead atoms. The number of hydrogen-bond donors (Lipinski definition) is 2. The van der Waals surface area contributed by atoms with Gasteiger partial charge in [0.1, 0.15) is 11.3 Å². The van der Waals surface area contributed by atoms with E-state index < -0.39 is 5.91 Å². The van der Waals surface area contributed by atoms with Crippen molar-refractivity contribution in [1.29, 1.82) is 0 Å². The third-order valence-electron chi connectivity index (χ3n) is 4.96. The lowest BCUT2D eigenvalue weighted by Gasteiger charge is -2.10. The van der Waals surface area contributed by atoms with E-state index in [4.69, 9.17) is 25.5 Å². The zero-order valence-corrected chi connectivity index (χ0v) is 18.7. The summed E-state index contributed by atoms with van der Waals surface area (Å²) in [5, 5.41) is 6.69. The number of para-hydroxylation sites is 1. The maximum absolute atomic E-state index is 13.0. The molecule has 1 heterocycles. The normalized spacial score (nSPS) is 10.6. The van der Waals surface area contributed by atoms with Gasteiger partial charge in [0.25, 0.3) is 5.91 Å². The molecule has 2 amide bonds. The summed E-state index contributed by atoms with van der Waals surface area (Å²) in [7, 11) is 3.08. The summed E-state index contributed by atoms with van der Waals surface area (Å²) in [6, 6.07) is 19.1. The van der Waals surface area contributed by atoms with Crippen molar-refractivity contribution in [3.63, 3.8) is 0 Å². The largest absolute Gasteiger partial charge is 0.493 e. The van der Waals surface area contributed by atoms with Crippen molar-refractivity contribution in [2.24, 2.45) is 0 Å². The molecule has 0 unspecified atom stereocenters. The lowest BCUT2D eigenvalue weighted by molar-refractivity contribution is -0.115. The molecule has 33 heavy (non-hydrogen) atoms. The molecule has 7 nitrogen and oxygen atoms in total. The van der Waals surface area contributed by atoms with Gasteiger partial charge in [-0.25, -0.2) is 0 Å². The minimum atomic E-state index is -0.505. The molecule has 0 saturated heterocycles. The summed E-state index contributed by atoms with van der Waals surface area (Å²) in [5.41, 5.74) is 2.02. The number of hydrogen-bond acceptors (Lipinski definition) is 5. The second-order valence-electron chi connectivity index (χ2n) is 7.18. The second kappa shape index (κ2) is 9.67. The van der Waals surface area contributed by atoms with Gasteiger partial charge in [-0.1, -0.05) is 35.9 Å². The van der Waals surface area contributed by atoms with E-state index in [0.717, 1.165) is 5.56 Å². The molecule has 4 rings (SSSR count). The highest BCUT2D eigenvalue weighted by atomic mass is 35.5. The first-order valence-corrected chi connectivity index (χ1v) is 10.5. The second-order valence-corrected chi connectivity index (χ2v) is 7.62. The van der Waals surface area contributed by atoms with Crippen LogP contribution < -0.4 is 20.1 Å². The molecule has 0 saturated carbocycles. The van der Waals surface area contributed by atoms with Crippen LogP contribution in [0.4, 0.5) is 11.4 Å². The molecule has 0 fully saturated rings. The molecule has 168 valence electrons. The van der Waals surface area contributed by atoms with Gasteiger partial charge in [-0.05, 0) is 48.0 Å². The molecule has 0 atom stereocenters. The molecule has 8 heteroatoms. The summed E-state index contributed by atoms with van der Waals surface area (Å²) >= 11 is 6.01. The number of furan rings is 1.